The fraction of sp³-hybridized carbons (Fsp3) is 0.125. The number of ketones is 1. The molecule has 0 saturated carbocycles. The summed E-state index contributed by atoms with van der Waals surface area (Å²) in [6.45, 7) is 4.59. The van der Waals surface area contributed by atoms with Gasteiger partial charge in [0, 0.05) is 11.1 Å². The topological polar surface area (TPSA) is 35.5 Å². The normalized spacial score (nSPS) is 14.1. The minimum atomic E-state index is -0.143. The minimum absolute atomic E-state index is 0.143. The number of hydrogen-bond donors (Lipinski definition) is 0. The zero-order valence-corrected chi connectivity index (χ0v) is 16.4. The average molecular weight is 391 g/mol. The van der Waals surface area contributed by atoms with Gasteiger partial charge in [-0.25, -0.2) is 0 Å². The lowest BCUT2D eigenvalue weighted by Gasteiger charge is -2.10. The monoisotopic (exact) mass is 390 g/mol. The Morgan fingerprint density at radius 1 is 1.04 bits per heavy atom. The van der Waals surface area contributed by atoms with Gasteiger partial charge in [0.2, 0.25) is 5.78 Å². The fourth-order valence-corrected chi connectivity index (χ4v) is 3.32. The Kier molecular flexibility index (Phi) is 4.93. The molecule has 3 aromatic carbocycles. The molecule has 0 N–H and O–H groups in total. The number of carbonyl (C=O) groups is 1. The van der Waals surface area contributed by atoms with Gasteiger partial charge in [0.1, 0.15) is 18.1 Å². The maximum atomic E-state index is 12.6. The molecule has 1 heterocycles. The van der Waals surface area contributed by atoms with Crippen LogP contribution in [0, 0.1) is 13.8 Å². The summed E-state index contributed by atoms with van der Waals surface area (Å²) in [7, 11) is 0. The Hall–Kier alpha value is -3.04. The highest BCUT2D eigenvalue weighted by Gasteiger charge is 2.27. The molecule has 0 aliphatic carbocycles. The average Bonchev–Trinajstić information content (AvgIpc) is 2.97. The largest absolute Gasteiger partial charge is 0.489 e. The van der Waals surface area contributed by atoms with Crippen LogP contribution in [0.2, 0.25) is 5.02 Å². The van der Waals surface area contributed by atoms with Crippen LogP contribution in [-0.2, 0) is 6.61 Å². The molecule has 0 radical (unpaired) electrons. The number of allylic oxidation sites excluding steroid dienone is 1. The molecule has 0 unspecified atom stereocenters. The number of hydrogen-bond acceptors (Lipinski definition) is 3. The Balaban J connectivity index is 1.53. The lowest BCUT2D eigenvalue weighted by molar-refractivity contribution is 0.101. The molecule has 3 nitrogen and oxygen atoms in total. The summed E-state index contributed by atoms with van der Waals surface area (Å²) in [5.74, 6) is 1.31. The second-order valence-corrected chi connectivity index (χ2v) is 7.31. The SMILES string of the molecule is Cc1ccc(C)c(COc2ccc3c(c2)OC(=Cc2cccc(Cl)c2)C3=O)c1. The first-order chi connectivity index (χ1) is 13.5. The number of ether oxygens (including phenoxy) is 2. The Labute approximate surface area is 169 Å². The van der Waals surface area contributed by atoms with Crippen molar-refractivity contribution in [1.29, 1.82) is 0 Å². The van der Waals surface area contributed by atoms with E-state index in [2.05, 4.69) is 32.0 Å². The van der Waals surface area contributed by atoms with Crippen molar-refractivity contribution < 1.29 is 14.3 Å². The van der Waals surface area contributed by atoms with Crippen LogP contribution in [0.3, 0.4) is 0 Å². The van der Waals surface area contributed by atoms with Crippen molar-refractivity contribution in [3.05, 3.63) is 99.3 Å². The highest BCUT2D eigenvalue weighted by Crippen LogP contribution is 2.35. The molecular weight excluding hydrogens is 372 g/mol. The third-order valence-corrected chi connectivity index (χ3v) is 4.92. The van der Waals surface area contributed by atoms with E-state index in [1.54, 1.807) is 36.4 Å². The number of halogens is 1. The zero-order valence-electron chi connectivity index (χ0n) is 15.7. The van der Waals surface area contributed by atoms with Crippen molar-refractivity contribution in [3.63, 3.8) is 0 Å². The first-order valence-electron chi connectivity index (χ1n) is 9.02. The second-order valence-electron chi connectivity index (χ2n) is 6.87. The molecule has 140 valence electrons. The molecule has 0 atom stereocenters. The van der Waals surface area contributed by atoms with E-state index >= 15 is 0 Å². The first-order valence-corrected chi connectivity index (χ1v) is 9.40. The Bertz CT molecular complexity index is 1100. The molecule has 0 fully saturated rings. The molecule has 3 aromatic rings. The lowest BCUT2D eigenvalue weighted by Crippen LogP contribution is -1.99. The van der Waals surface area contributed by atoms with Crippen LogP contribution in [0.1, 0.15) is 32.6 Å². The third kappa shape index (κ3) is 3.80. The lowest BCUT2D eigenvalue weighted by atomic mass is 10.1. The number of Topliss-reactive ketones (excluding diaryl/α,β-unsaturated/α-hetero) is 1. The van der Waals surface area contributed by atoms with E-state index in [1.165, 1.54) is 11.1 Å². The summed E-state index contributed by atoms with van der Waals surface area (Å²) in [6.07, 6.45) is 1.70. The number of rotatable bonds is 4. The maximum absolute atomic E-state index is 12.6. The predicted octanol–water partition coefficient (Wildman–Crippen LogP) is 6.15. The van der Waals surface area contributed by atoms with Crippen LogP contribution in [0.5, 0.6) is 11.5 Å². The summed E-state index contributed by atoms with van der Waals surface area (Å²) in [5, 5.41) is 0.611. The molecular formula is C24H19ClO3. The summed E-state index contributed by atoms with van der Waals surface area (Å²) in [4.78, 5) is 12.6. The molecule has 1 aliphatic heterocycles. The van der Waals surface area contributed by atoms with Crippen molar-refractivity contribution in [2.75, 3.05) is 0 Å². The molecule has 4 heteroatoms. The molecule has 0 aromatic heterocycles. The van der Waals surface area contributed by atoms with E-state index in [9.17, 15) is 4.79 Å². The van der Waals surface area contributed by atoms with Gasteiger partial charge in [0.15, 0.2) is 5.76 Å². The van der Waals surface area contributed by atoms with Gasteiger partial charge in [-0.15, -0.1) is 0 Å². The number of aryl methyl sites for hydroxylation is 2. The van der Waals surface area contributed by atoms with Crippen LogP contribution >= 0.6 is 11.6 Å². The third-order valence-electron chi connectivity index (χ3n) is 4.69. The van der Waals surface area contributed by atoms with E-state index < -0.39 is 0 Å². The quantitative estimate of drug-likeness (QED) is 0.501. The smallest absolute Gasteiger partial charge is 0.231 e. The van der Waals surface area contributed by atoms with Crippen molar-refractivity contribution >= 4 is 23.5 Å². The molecule has 28 heavy (non-hydrogen) atoms. The molecule has 0 saturated heterocycles. The second kappa shape index (κ2) is 7.53. The number of carbonyl (C=O) groups excluding carboxylic acids is 1. The Morgan fingerprint density at radius 3 is 2.71 bits per heavy atom. The van der Waals surface area contributed by atoms with Gasteiger partial charge in [-0.1, -0.05) is 47.5 Å². The maximum Gasteiger partial charge on any atom is 0.231 e. The molecule has 1 aliphatic rings. The summed E-state index contributed by atoms with van der Waals surface area (Å²) in [6, 6.07) is 18.9. The van der Waals surface area contributed by atoms with Crippen LogP contribution < -0.4 is 9.47 Å². The molecule has 0 amide bonds. The van der Waals surface area contributed by atoms with Crippen LogP contribution in [0.4, 0.5) is 0 Å². The first kappa shape index (κ1) is 18.3. The molecule has 0 bridgehead atoms. The van der Waals surface area contributed by atoms with Gasteiger partial charge in [-0.2, -0.15) is 0 Å². The summed E-state index contributed by atoms with van der Waals surface area (Å²) in [5.41, 5.74) is 4.87. The van der Waals surface area contributed by atoms with Gasteiger partial charge < -0.3 is 9.47 Å². The Morgan fingerprint density at radius 2 is 1.89 bits per heavy atom. The highest BCUT2D eigenvalue weighted by atomic mass is 35.5. The summed E-state index contributed by atoms with van der Waals surface area (Å²) < 4.78 is 11.7. The molecule has 0 spiro atoms. The zero-order chi connectivity index (χ0) is 19.7. The number of benzene rings is 3. The summed E-state index contributed by atoms with van der Waals surface area (Å²) >= 11 is 6.01. The van der Waals surface area contributed by atoms with E-state index in [0.717, 1.165) is 11.1 Å². The van der Waals surface area contributed by atoms with E-state index in [1.807, 2.05) is 12.1 Å². The predicted molar refractivity (Wildman–Crippen MR) is 111 cm³/mol. The van der Waals surface area contributed by atoms with Gasteiger partial charge in [0.05, 0.1) is 5.56 Å². The van der Waals surface area contributed by atoms with Gasteiger partial charge in [-0.3, -0.25) is 4.79 Å². The van der Waals surface area contributed by atoms with E-state index in [4.69, 9.17) is 21.1 Å². The van der Waals surface area contributed by atoms with Crippen LogP contribution in [-0.4, -0.2) is 5.78 Å². The fourth-order valence-electron chi connectivity index (χ4n) is 3.12. The minimum Gasteiger partial charge on any atom is -0.489 e. The van der Waals surface area contributed by atoms with Crippen LogP contribution in [0.15, 0.2) is 66.4 Å². The van der Waals surface area contributed by atoms with E-state index in [0.29, 0.717) is 28.7 Å². The number of fused-ring (bicyclic) bond motifs is 1. The van der Waals surface area contributed by atoms with Gasteiger partial charge in [-0.05, 0) is 60.9 Å². The molecule has 4 rings (SSSR count). The standard InChI is InChI=1S/C24H19ClO3/c1-15-6-7-16(2)18(10-15)14-27-20-8-9-21-22(13-20)28-23(24(21)26)12-17-4-3-5-19(25)11-17/h3-13H,14H2,1-2H3. The van der Waals surface area contributed by atoms with Crippen molar-refractivity contribution in [1.82, 2.24) is 0 Å². The van der Waals surface area contributed by atoms with E-state index in [-0.39, 0.29) is 11.5 Å². The van der Waals surface area contributed by atoms with Crippen molar-refractivity contribution in [2.45, 2.75) is 20.5 Å². The van der Waals surface area contributed by atoms with Crippen molar-refractivity contribution in [3.8, 4) is 11.5 Å². The van der Waals surface area contributed by atoms with Crippen LogP contribution in [0.25, 0.3) is 6.08 Å². The van der Waals surface area contributed by atoms with Gasteiger partial charge >= 0.3 is 0 Å². The van der Waals surface area contributed by atoms with Gasteiger partial charge in [0.25, 0.3) is 0 Å². The van der Waals surface area contributed by atoms with Crippen molar-refractivity contribution in [2.24, 2.45) is 0 Å². The highest BCUT2D eigenvalue weighted by molar-refractivity contribution is 6.30.